The number of carbonyl (C=O) groups excluding carboxylic acids is 1. The molecule has 0 amide bonds. The maximum absolute atomic E-state index is 11.7. The van der Waals surface area contributed by atoms with Crippen LogP contribution in [0, 0.1) is 0 Å². The zero-order chi connectivity index (χ0) is 13.2. The average molecular weight is 260 g/mol. The molecule has 0 atom stereocenters. The number of hydrogen-bond donors (Lipinski definition) is 0. The predicted molar refractivity (Wildman–Crippen MR) is 68.8 cm³/mol. The SMILES string of the molecule is COC(=O)c1cc(C2CC2)nc(C2=CCOCC2)n1. The van der Waals surface area contributed by atoms with Gasteiger partial charge in [-0.2, -0.15) is 0 Å². The molecule has 5 nitrogen and oxygen atoms in total. The second kappa shape index (κ2) is 5.09. The van der Waals surface area contributed by atoms with Gasteiger partial charge in [-0.15, -0.1) is 0 Å². The van der Waals surface area contributed by atoms with E-state index in [1.165, 1.54) is 7.11 Å². The Hall–Kier alpha value is -1.75. The number of aromatic nitrogens is 2. The number of hydrogen-bond acceptors (Lipinski definition) is 5. The number of esters is 1. The third-order valence-electron chi connectivity index (χ3n) is 3.39. The lowest BCUT2D eigenvalue weighted by Gasteiger charge is -2.13. The molecule has 1 aliphatic heterocycles. The van der Waals surface area contributed by atoms with E-state index in [1.807, 2.05) is 6.08 Å². The minimum atomic E-state index is -0.404. The summed E-state index contributed by atoms with van der Waals surface area (Å²) in [5.41, 5.74) is 2.36. The lowest BCUT2D eigenvalue weighted by molar-refractivity contribution is 0.0593. The normalized spacial score (nSPS) is 18.9. The Morgan fingerprint density at radius 3 is 2.89 bits per heavy atom. The lowest BCUT2D eigenvalue weighted by atomic mass is 10.1. The molecule has 3 rings (SSSR count). The molecule has 0 saturated heterocycles. The van der Waals surface area contributed by atoms with Crippen LogP contribution < -0.4 is 0 Å². The van der Waals surface area contributed by atoms with Crippen molar-refractivity contribution in [2.24, 2.45) is 0 Å². The lowest BCUT2D eigenvalue weighted by Crippen LogP contribution is -2.12. The van der Waals surface area contributed by atoms with Gasteiger partial charge in [0.05, 0.1) is 20.3 Å². The molecule has 0 unspecified atom stereocenters. The van der Waals surface area contributed by atoms with E-state index < -0.39 is 5.97 Å². The largest absolute Gasteiger partial charge is 0.464 e. The van der Waals surface area contributed by atoms with Crippen LogP contribution in [0.5, 0.6) is 0 Å². The van der Waals surface area contributed by atoms with E-state index in [4.69, 9.17) is 9.47 Å². The van der Waals surface area contributed by atoms with E-state index in [-0.39, 0.29) is 0 Å². The van der Waals surface area contributed by atoms with Gasteiger partial charge >= 0.3 is 5.97 Å². The molecule has 1 saturated carbocycles. The summed E-state index contributed by atoms with van der Waals surface area (Å²) in [5.74, 6) is 0.719. The quantitative estimate of drug-likeness (QED) is 0.777. The number of carbonyl (C=O) groups is 1. The number of nitrogens with zero attached hydrogens (tertiary/aromatic N) is 2. The highest BCUT2D eigenvalue weighted by atomic mass is 16.5. The standard InChI is InChI=1S/C14H16N2O3/c1-18-14(17)12-8-11(9-2-3-9)15-13(16-12)10-4-6-19-7-5-10/h4,8-9H,2-3,5-7H2,1H3. The highest BCUT2D eigenvalue weighted by molar-refractivity contribution is 5.87. The maximum Gasteiger partial charge on any atom is 0.356 e. The first kappa shape index (κ1) is 12.3. The molecule has 1 aromatic heterocycles. The molecule has 0 N–H and O–H groups in total. The van der Waals surface area contributed by atoms with Crippen molar-refractivity contribution in [3.05, 3.63) is 29.4 Å². The minimum Gasteiger partial charge on any atom is -0.464 e. The molecule has 2 heterocycles. The molecule has 0 aromatic carbocycles. The Labute approximate surface area is 111 Å². The first-order valence-corrected chi connectivity index (χ1v) is 6.52. The van der Waals surface area contributed by atoms with Gasteiger partial charge in [0.15, 0.2) is 11.5 Å². The second-order valence-corrected chi connectivity index (χ2v) is 4.82. The number of ether oxygens (including phenoxy) is 2. The van der Waals surface area contributed by atoms with Crippen molar-refractivity contribution in [3.8, 4) is 0 Å². The average Bonchev–Trinajstić information content (AvgIpc) is 3.31. The van der Waals surface area contributed by atoms with E-state index in [0.29, 0.717) is 30.7 Å². The van der Waals surface area contributed by atoms with Crippen molar-refractivity contribution < 1.29 is 14.3 Å². The van der Waals surface area contributed by atoms with Crippen LogP contribution in [0.2, 0.25) is 0 Å². The van der Waals surface area contributed by atoms with Crippen LogP contribution >= 0.6 is 0 Å². The Balaban J connectivity index is 2.00. The van der Waals surface area contributed by atoms with Gasteiger partial charge in [-0.3, -0.25) is 0 Å². The smallest absolute Gasteiger partial charge is 0.356 e. The van der Waals surface area contributed by atoms with Crippen LogP contribution in [0.1, 0.15) is 47.2 Å². The van der Waals surface area contributed by atoms with Gasteiger partial charge in [0.2, 0.25) is 0 Å². The van der Waals surface area contributed by atoms with Gasteiger partial charge in [-0.25, -0.2) is 14.8 Å². The molecule has 100 valence electrons. The van der Waals surface area contributed by atoms with Crippen LogP contribution in [0.15, 0.2) is 12.1 Å². The van der Waals surface area contributed by atoms with Crippen molar-refractivity contribution in [2.45, 2.75) is 25.2 Å². The van der Waals surface area contributed by atoms with Crippen molar-refractivity contribution in [3.63, 3.8) is 0 Å². The van der Waals surface area contributed by atoms with Crippen molar-refractivity contribution in [1.82, 2.24) is 9.97 Å². The summed E-state index contributed by atoms with van der Waals surface area (Å²) in [6.45, 7) is 1.26. The topological polar surface area (TPSA) is 61.3 Å². The fourth-order valence-corrected chi connectivity index (χ4v) is 2.14. The molecule has 2 aliphatic rings. The summed E-state index contributed by atoms with van der Waals surface area (Å²) in [6.07, 6.45) is 5.05. The third-order valence-corrected chi connectivity index (χ3v) is 3.39. The van der Waals surface area contributed by atoms with Crippen LogP contribution in [0.25, 0.3) is 5.57 Å². The number of methoxy groups -OCH3 is 1. The van der Waals surface area contributed by atoms with Gasteiger partial charge in [-0.05, 0) is 30.9 Å². The van der Waals surface area contributed by atoms with Crippen LogP contribution in [-0.2, 0) is 9.47 Å². The molecular formula is C14H16N2O3. The fraction of sp³-hybridized carbons (Fsp3) is 0.500. The minimum absolute atomic E-state index is 0.349. The van der Waals surface area contributed by atoms with E-state index in [2.05, 4.69) is 9.97 Å². The molecule has 19 heavy (non-hydrogen) atoms. The molecule has 1 aliphatic carbocycles. The summed E-state index contributed by atoms with van der Waals surface area (Å²) in [5, 5.41) is 0. The highest BCUT2D eigenvalue weighted by Gasteiger charge is 2.27. The van der Waals surface area contributed by atoms with E-state index in [9.17, 15) is 4.79 Å². The first-order valence-electron chi connectivity index (χ1n) is 6.52. The second-order valence-electron chi connectivity index (χ2n) is 4.82. The summed E-state index contributed by atoms with van der Waals surface area (Å²) < 4.78 is 10.0. The summed E-state index contributed by atoms with van der Waals surface area (Å²) in [4.78, 5) is 20.6. The third kappa shape index (κ3) is 2.66. The number of rotatable bonds is 3. The van der Waals surface area contributed by atoms with Crippen molar-refractivity contribution in [1.29, 1.82) is 0 Å². The zero-order valence-corrected chi connectivity index (χ0v) is 10.9. The van der Waals surface area contributed by atoms with Gasteiger partial charge in [0.1, 0.15) is 0 Å². The Morgan fingerprint density at radius 1 is 1.42 bits per heavy atom. The van der Waals surface area contributed by atoms with Crippen LogP contribution in [0.4, 0.5) is 0 Å². The van der Waals surface area contributed by atoms with E-state index in [1.54, 1.807) is 6.07 Å². The van der Waals surface area contributed by atoms with Crippen LogP contribution in [-0.4, -0.2) is 36.3 Å². The zero-order valence-electron chi connectivity index (χ0n) is 10.9. The van der Waals surface area contributed by atoms with Gasteiger partial charge in [0, 0.05) is 11.6 Å². The molecule has 0 radical (unpaired) electrons. The molecule has 0 bridgehead atoms. The molecule has 0 spiro atoms. The van der Waals surface area contributed by atoms with Gasteiger partial charge in [-0.1, -0.05) is 6.08 Å². The molecule has 1 aromatic rings. The van der Waals surface area contributed by atoms with Crippen molar-refractivity contribution in [2.75, 3.05) is 20.3 Å². The Bertz CT molecular complexity index is 535. The summed E-state index contributed by atoms with van der Waals surface area (Å²) >= 11 is 0. The molecule has 1 fully saturated rings. The maximum atomic E-state index is 11.7. The van der Waals surface area contributed by atoms with Crippen molar-refractivity contribution >= 4 is 11.5 Å². The molecule has 5 heteroatoms. The summed E-state index contributed by atoms with van der Waals surface area (Å²) in [6, 6.07) is 1.76. The van der Waals surface area contributed by atoms with Gasteiger partial charge < -0.3 is 9.47 Å². The van der Waals surface area contributed by atoms with Gasteiger partial charge in [0.25, 0.3) is 0 Å². The Morgan fingerprint density at radius 2 is 2.26 bits per heavy atom. The Kier molecular flexibility index (Phi) is 3.29. The van der Waals surface area contributed by atoms with Crippen LogP contribution in [0.3, 0.4) is 0 Å². The fourth-order valence-electron chi connectivity index (χ4n) is 2.14. The summed E-state index contributed by atoms with van der Waals surface area (Å²) in [7, 11) is 1.37. The first-order chi connectivity index (χ1) is 9.28. The van der Waals surface area contributed by atoms with E-state index in [0.717, 1.165) is 30.5 Å². The van der Waals surface area contributed by atoms with E-state index >= 15 is 0 Å². The predicted octanol–water partition coefficient (Wildman–Crippen LogP) is 1.94. The highest BCUT2D eigenvalue weighted by Crippen LogP contribution is 2.39. The molecular weight excluding hydrogens is 244 g/mol. The monoisotopic (exact) mass is 260 g/mol.